The number of aromatic nitrogens is 1. The maximum Gasteiger partial charge on any atom is 0.327 e. The van der Waals surface area contributed by atoms with Gasteiger partial charge in [-0.05, 0) is 13.3 Å². The fourth-order valence-electron chi connectivity index (χ4n) is 2.11. The lowest BCUT2D eigenvalue weighted by atomic mass is 10.2. The second-order valence-electron chi connectivity index (χ2n) is 4.48. The molecule has 1 saturated heterocycles. The van der Waals surface area contributed by atoms with E-state index in [2.05, 4.69) is 5.16 Å². The van der Waals surface area contributed by atoms with E-state index in [1.54, 1.807) is 6.92 Å². The summed E-state index contributed by atoms with van der Waals surface area (Å²) in [5, 5.41) is 12.7. The Kier molecular flexibility index (Phi) is 4.14. The van der Waals surface area contributed by atoms with E-state index < -0.39 is 12.0 Å². The lowest BCUT2D eigenvalue weighted by Crippen LogP contribution is -2.45. The molecular weight excluding hydrogens is 268 g/mol. The molecule has 2 atom stereocenters. The summed E-state index contributed by atoms with van der Waals surface area (Å²) in [6, 6.07) is -0.793. The van der Waals surface area contributed by atoms with Crippen LogP contribution >= 0.6 is 11.8 Å². The van der Waals surface area contributed by atoms with Crippen molar-refractivity contribution in [3.8, 4) is 0 Å². The molecule has 104 valence electrons. The number of carboxylic acids is 1. The van der Waals surface area contributed by atoms with Crippen molar-refractivity contribution >= 4 is 23.6 Å². The quantitative estimate of drug-likeness (QED) is 0.907. The van der Waals surface area contributed by atoms with Crippen LogP contribution in [0.1, 0.15) is 35.9 Å². The molecule has 19 heavy (non-hydrogen) atoms. The van der Waals surface area contributed by atoms with Crippen LogP contribution in [0.25, 0.3) is 0 Å². The molecule has 2 rings (SSSR count). The highest BCUT2D eigenvalue weighted by molar-refractivity contribution is 8.00. The molecule has 7 heteroatoms. The van der Waals surface area contributed by atoms with E-state index in [0.29, 0.717) is 11.3 Å². The number of hydrogen-bond acceptors (Lipinski definition) is 5. The van der Waals surface area contributed by atoms with Crippen LogP contribution in [0, 0.1) is 6.92 Å². The van der Waals surface area contributed by atoms with Gasteiger partial charge in [0, 0.05) is 11.3 Å². The Bertz CT molecular complexity index is 488. The van der Waals surface area contributed by atoms with Gasteiger partial charge >= 0.3 is 5.97 Å². The van der Waals surface area contributed by atoms with Crippen molar-refractivity contribution in [3.05, 3.63) is 17.5 Å². The van der Waals surface area contributed by atoms with Gasteiger partial charge in [-0.1, -0.05) is 18.5 Å². The Labute approximate surface area is 115 Å². The topological polar surface area (TPSA) is 83.6 Å². The Balaban J connectivity index is 2.28. The lowest BCUT2D eigenvalue weighted by molar-refractivity contribution is -0.141. The Morgan fingerprint density at radius 2 is 2.37 bits per heavy atom. The first-order valence-corrected chi connectivity index (χ1v) is 7.19. The van der Waals surface area contributed by atoms with E-state index in [1.165, 1.54) is 22.9 Å². The van der Waals surface area contributed by atoms with Crippen molar-refractivity contribution in [3.63, 3.8) is 0 Å². The Hall–Kier alpha value is -1.50. The maximum absolute atomic E-state index is 12.4. The normalized spacial score (nSPS) is 22.7. The average molecular weight is 284 g/mol. The molecule has 1 aromatic heterocycles. The molecule has 1 aliphatic heterocycles. The standard InChI is InChI=1S/C12H16N2O4S/c1-3-4-9-14(8(6-19-9)12(16)17)11(15)10-7(2)5-13-18-10/h5,8-9H,3-4,6H2,1-2H3,(H,16,17). The lowest BCUT2D eigenvalue weighted by Gasteiger charge is -2.26. The van der Waals surface area contributed by atoms with Gasteiger partial charge in [0.05, 0.1) is 11.6 Å². The predicted octanol–water partition coefficient (Wildman–Crippen LogP) is 1.75. The van der Waals surface area contributed by atoms with Crippen molar-refractivity contribution in [1.82, 2.24) is 10.1 Å². The second-order valence-corrected chi connectivity index (χ2v) is 5.69. The zero-order valence-corrected chi connectivity index (χ0v) is 11.6. The summed E-state index contributed by atoms with van der Waals surface area (Å²) < 4.78 is 4.95. The van der Waals surface area contributed by atoms with Gasteiger partial charge in [0.1, 0.15) is 6.04 Å². The van der Waals surface area contributed by atoms with Crippen LogP contribution in [0.4, 0.5) is 0 Å². The third-order valence-corrected chi connectivity index (χ3v) is 4.45. The van der Waals surface area contributed by atoms with Gasteiger partial charge in [0.25, 0.3) is 5.91 Å². The number of rotatable bonds is 4. The van der Waals surface area contributed by atoms with Gasteiger partial charge in [0.15, 0.2) is 0 Å². The second kappa shape index (κ2) is 5.64. The molecule has 1 fully saturated rings. The number of thioether (sulfide) groups is 1. The summed E-state index contributed by atoms with van der Waals surface area (Å²) in [5.41, 5.74) is 0.626. The summed E-state index contributed by atoms with van der Waals surface area (Å²) in [6.07, 6.45) is 3.12. The predicted molar refractivity (Wildman–Crippen MR) is 70.0 cm³/mol. The number of amides is 1. The number of carboxylic acid groups (broad SMARTS) is 1. The molecule has 1 amide bonds. The molecule has 0 radical (unpaired) electrons. The fourth-order valence-corrected chi connectivity index (χ4v) is 3.62. The number of nitrogens with zero attached hydrogens (tertiary/aromatic N) is 2. The van der Waals surface area contributed by atoms with Crippen LogP contribution < -0.4 is 0 Å². The molecule has 0 aliphatic carbocycles. The average Bonchev–Trinajstić information content (AvgIpc) is 2.95. The summed E-state index contributed by atoms with van der Waals surface area (Å²) in [4.78, 5) is 25.1. The summed E-state index contributed by atoms with van der Waals surface area (Å²) in [7, 11) is 0. The van der Waals surface area contributed by atoms with Crippen LogP contribution in [0.15, 0.2) is 10.7 Å². The van der Waals surface area contributed by atoms with Crippen molar-refractivity contribution < 1.29 is 19.2 Å². The van der Waals surface area contributed by atoms with Crippen molar-refractivity contribution in [1.29, 1.82) is 0 Å². The molecule has 6 nitrogen and oxygen atoms in total. The molecule has 1 aliphatic rings. The number of carbonyl (C=O) groups is 2. The van der Waals surface area contributed by atoms with Gasteiger partial charge in [-0.3, -0.25) is 4.79 Å². The largest absolute Gasteiger partial charge is 0.480 e. The van der Waals surface area contributed by atoms with E-state index in [1.807, 2.05) is 6.92 Å². The van der Waals surface area contributed by atoms with E-state index in [0.717, 1.165) is 12.8 Å². The Morgan fingerprint density at radius 1 is 1.63 bits per heavy atom. The van der Waals surface area contributed by atoms with Gasteiger partial charge < -0.3 is 14.5 Å². The number of hydrogen-bond donors (Lipinski definition) is 1. The number of aryl methyl sites for hydroxylation is 1. The van der Waals surface area contributed by atoms with Gasteiger partial charge in [-0.2, -0.15) is 0 Å². The summed E-state index contributed by atoms with van der Waals surface area (Å²) in [5.74, 6) is -0.809. The number of carbonyl (C=O) groups excluding carboxylic acids is 1. The molecule has 1 N–H and O–H groups in total. The highest BCUT2D eigenvalue weighted by Gasteiger charge is 2.42. The Morgan fingerprint density at radius 3 is 2.89 bits per heavy atom. The van der Waals surface area contributed by atoms with E-state index >= 15 is 0 Å². The minimum Gasteiger partial charge on any atom is -0.480 e. The monoisotopic (exact) mass is 284 g/mol. The maximum atomic E-state index is 12.4. The molecule has 0 aromatic carbocycles. The molecule has 1 aromatic rings. The fraction of sp³-hybridized carbons (Fsp3) is 0.583. The molecule has 0 saturated carbocycles. The van der Waals surface area contributed by atoms with E-state index in [4.69, 9.17) is 4.52 Å². The highest BCUT2D eigenvalue weighted by atomic mass is 32.2. The first-order valence-electron chi connectivity index (χ1n) is 6.14. The smallest absolute Gasteiger partial charge is 0.327 e. The minimum atomic E-state index is -0.975. The highest BCUT2D eigenvalue weighted by Crippen LogP contribution is 2.33. The third-order valence-electron chi connectivity index (χ3n) is 3.09. The zero-order valence-electron chi connectivity index (χ0n) is 10.8. The van der Waals surface area contributed by atoms with Crippen LogP contribution in [0.3, 0.4) is 0 Å². The summed E-state index contributed by atoms with van der Waals surface area (Å²) in [6.45, 7) is 3.73. The first-order chi connectivity index (χ1) is 9.06. The molecular formula is C12H16N2O4S. The number of aliphatic carboxylic acids is 1. The first kappa shape index (κ1) is 13.9. The van der Waals surface area contributed by atoms with Crippen molar-refractivity contribution in [2.45, 2.75) is 38.1 Å². The van der Waals surface area contributed by atoms with Crippen LogP contribution in [0.2, 0.25) is 0 Å². The van der Waals surface area contributed by atoms with Crippen molar-refractivity contribution in [2.75, 3.05) is 5.75 Å². The van der Waals surface area contributed by atoms with E-state index in [9.17, 15) is 14.7 Å². The van der Waals surface area contributed by atoms with Gasteiger partial charge in [-0.25, -0.2) is 4.79 Å². The van der Waals surface area contributed by atoms with E-state index in [-0.39, 0.29) is 17.0 Å². The summed E-state index contributed by atoms with van der Waals surface area (Å²) >= 11 is 1.51. The van der Waals surface area contributed by atoms with Gasteiger partial charge in [0.2, 0.25) is 5.76 Å². The SMILES string of the molecule is CCCC1SCC(C(=O)O)N1C(=O)c1oncc1C. The van der Waals surface area contributed by atoms with Crippen LogP contribution in [-0.2, 0) is 4.79 Å². The molecule has 2 unspecified atom stereocenters. The van der Waals surface area contributed by atoms with Crippen molar-refractivity contribution in [2.24, 2.45) is 0 Å². The minimum absolute atomic E-state index is 0.108. The zero-order chi connectivity index (χ0) is 14.0. The van der Waals surface area contributed by atoms with Gasteiger partial charge in [-0.15, -0.1) is 11.8 Å². The van der Waals surface area contributed by atoms with Crippen LogP contribution in [-0.4, -0.2) is 44.2 Å². The van der Waals surface area contributed by atoms with Crippen LogP contribution in [0.5, 0.6) is 0 Å². The molecule has 2 heterocycles. The molecule has 0 bridgehead atoms. The molecule has 0 spiro atoms. The third kappa shape index (κ3) is 2.60.